The second-order valence-electron chi connectivity index (χ2n) is 8.28. The van der Waals surface area contributed by atoms with E-state index in [9.17, 15) is 9.18 Å². The summed E-state index contributed by atoms with van der Waals surface area (Å²) in [5.41, 5.74) is 6.02. The van der Waals surface area contributed by atoms with Crippen LogP contribution < -0.4 is 0 Å². The summed E-state index contributed by atoms with van der Waals surface area (Å²) in [4.78, 5) is 20.6. The number of pyridine rings is 1. The van der Waals surface area contributed by atoms with Gasteiger partial charge in [0.1, 0.15) is 5.82 Å². The van der Waals surface area contributed by atoms with Crippen LogP contribution in [-0.4, -0.2) is 15.8 Å². The lowest BCUT2D eigenvalue weighted by Gasteiger charge is -2.28. The van der Waals surface area contributed by atoms with Crippen molar-refractivity contribution in [2.24, 2.45) is 5.41 Å². The summed E-state index contributed by atoms with van der Waals surface area (Å²) in [6.45, 7) is 6.17. The summed E-state index contributed by atoms with van der Waals surface area (Å²) < 4.78 is 14.4. The molecule has 4 rings (SSSR count). The van der Waals surface area contributed by atoms with Crippen molar-refractivity contribution in [1.82, 2.24) is 9.97 Å². The Morgan fingerprint density at radius 3 is 2.63 bits per heavy atom. The lowest BCUT2D eigenvalue weighted by molar-refractivity contribution is 0.0911. The molecule has 0 saturated carbocycles. The first kappa shape index (κ1) is 17.7. The molecule has 1 aliphatic rings. The predicted octanol–water partition coefficient (Wildman–Crippen LogP) is 5.27. The van der Waals surface area contributed by atoms with Gasteiger partial charge in [-0.3, -0.25) is 9.78 Å². The lowest BCUT2D eigenvalue weighted by Crippen LogP contribution is -2.27. The molecule has 3 nitrogen and oxygen atoms in total. The van der Waals surface area contributed by atoms with Gasteiger partial charge in [-0.2, -0.15) is 0 Å². The Hall–Kier alpha value is -2.75. The van der Waals surface area contributed by atoms with Crippen LogP contribution >= 0.6 is 0 Å². The number of ketones is 1. The van der Waals surface area contributed by atoms with Gasteiger partial charge in [-0.15, -0.1) is 0 Å². The maximum Gasteiger partial charge on any atom is 0.165 e. The van der Waals surface area contributed by atoms with E-state index in [-0.39, 0.29) is 17.0 Å². The molecule has 0 fully saturated rings. The van der Waals surface area contributed by atoms with Crippen LogP contribution in [0.1, 0.15) is 53.0 Å². The molecule has 0 aliphatic heterocycles. The molecule has 0 spiro atoms. The maximum absolute atomic E-state index is 14.4. The van der Waals surface area contributed by atoms with E-state index in [1.165, 1.54) is 6.07 Å². The van der Waals surface area contributed by atoms with Crippen molar-refractivity contribution in [1.29, 1.82) is 0 Å². The van der Waals surface area contributed by atoms with Crippen LogP contribution in [0.4, 0.5) is 4.39 Å². The summed E-state index contributed by atoms with van der Waals surface area (Å²) in [6.07, 6.45) is 5.18. The molecule has 1 N–H and O–H groups in total. The average Bonchev–Trinajstić information content (AvgIpc) is 2.96. The van der Waals surface area contributed by atoms with Crippen LogP contribution in [0.3, 0.4) is 0 Å². The number of hydrogen-bond acceptors (Lipinski definition) is 2. The molecule has 0 bridgehead atoms. The fourth-order valence-corrected chi connectivity index (χ4v) is 4.10. The van der Waals surface area contributed by atoms with Gasteiger partial charge in [0.25, 0.3) is 0 Å². The summed E-state index contributed by atoms with van der Waals surface area (Å²) in [6, 6.07) is 8.97. The third-order valence-corrected chi connectivity index (χ3v) is 5.29. The maximum atomic E-state index is 14.4. The van der Waals surface area contributed by atoms with Gasteiger partial charge >= 0.3 is 0 Å². The molecule has 1 aliphatic carbocycles. The quantitative estimate of drug-likeness (QED) is 0.690. The number of aromatic amines is 1. The number of halogens is 1. The SMILES string of the molecule is Cc1ccc(F)c(Cc2c(-c3ccncc3)[nH]c3c2C(=O)CC(C)(C)C3)c1. The molecule has 0 unspecified atom stereocenters. The number of H-pyrrole nitrogens is 1. The number of hydrogen-bond donors (Lipinski definition) is 1. The van der Waals surface area contributed by atoms with Crippen molar-refractivity contribution in [3.05, 3.63) is 76.5 Å². The highest BCUT2D eigenvalue weighted by Crippen LogP contribution is 2.40. The molecule has 0 radical (unpaired) electrons. The number of nitrogens with zero attached hydrogens (tertiary/aromatic N) is 1. The first-order chi connectivity index (χ1) is 12.8. The Bertz CT molecular complexity index is 1020. The van der Waals surface area contributed by atoms with Crippen LogP contribution in [0.2, 0.25) is 0 Å². The van der Waals surface area contributed by atoms with E-state index in [1.54, 1.807) is 18.5 Å². The highest BCUT2D eigenvalue weighted by molar-refractivity contribution is 6.02. The van der Waals surface area contributed by atoms with Gasteiger partial charge in [0.2, 0.25) is 0 Å². The van der Waals surface area contributed by atoms with E-state index in [1.807, 2.05) is 25.1 Å². The van der Waals surface area contributed by atoms with E-state index >= 15 is 0 Å². The third-order valence-electron chi connectivity index (χ3n) is 5.29. The molecule has 2 aromatic heterocycles. The van der Waals surface area contributed by atoms with Crippen molar-refractivity contribution < 1.29 is 9.18 Å². The highest BCUT2D eigenvalue weighted by Gasteiger charge is 2.35. The fraction of sp³-hybridized carbons (Fsp3) is 0.304. The second-order valence-corrected chi connectivity index (χ2v) is 8.28. The third kappa shape index (κ3) is 3.32. The second kappa shape index (κ2) is 6.45. The molecule has 0 amide bonds. The number of fused-ring (bicyclic) bond motifs is 1. The molecule has 0 atom stereocenters. The first-order valence-electron chi connectivity index (χ1n) is 9.26. The number of benzene rings is 1. The van der Waals surface area contributed by atoms with Gasteiger partial charge in [-0.25, -0.2) is 4.39 Å². The van der Waals surface area contributed by atoms with Crippen LogP contribution in [0.5, 0.6) is 0 Å². The Morgan fingerprint density at radius 2 is 1.89 bits per heavy atom. The highest BCUT2D eigenvalue weighted by atomic mass is 19.1. The van der Waals surface area contributed by atoms with E-state index in [2.05, 4.69) is 23.8 Å². The first-order valence-corrected chi connectivity index (χ1v) is 9.26. The van der Waals surface area contributed by atoms with E-state index in [4.69, 9.17) is 0 Å². The Morgan fingerprint density at radius 1 is 1.15 bits per heavy atom. The molecular formula is C23H23FN2O. The zero-order valence-corrected chi connectivity index (χ0v) is 15.9. The van der Waals surface area contributed by atoms with E-state index in [0.29, 0.717) is 18.4 Å². The van der Waals surface area contributed by atoms with Gasteiger partial charge in [0.05, 0.1) is 5.69 Å². The Labute approximate surface area is 158 Å². The summed E-state index contributed by atoms with van der Waals surface area (Å²) in [5, 5.41) is 0. The van der Waals surface area contributed by atoms with Crippen LogP contribution in [0, 0.1) is 18.2 Å². The van der Waals surface area contributed by atoms with Gasteiger partial charge in [0.15, 0.2) is 5.78 Å². The number of carbonyl (C=O) groups excluding carboxylic acids is 1. The van der Waals surface area contributed by atoms with Gasteiger partial charge < -0.3 is 4.98 Å². The fourth-order valence-electron chi connectivity index (χ4n) is 4.10. The number of aryl methyl sites for hydroxylation is 1. The van der Waals surface area contributed by atoms with Crippen molar-refractivity contribution in [3.8, 4) is 11.3 Å². The lowest BCUT2D eigenvalue weighted by atomic mass is 9.75. The number of carbonyl (C=O) groups is 1. The molecule has 0 saturated heterocycles. The summed E-state index contributed by atoms with van der Waals surface area (Å²) in [5.74, 6) is -0.0966. The summed E-state index contributed by atoms with van der Waals surface area (Å²) >= 11 is 0. The number of aromatic nitrogens is 2. The van der Waals surface area contributed by atoms with Crippen molar-refractivity contribution in [3.63, 3.8) is 0 Å². The Balaban J connectivity index is 1.90. The normalized spacial score (nSPS) is 15.6. The topological polar surface area (TPSA) is 45.8 Å². The van der Waals surface area contributed by atoms with Crippen LogP contribution in [0.15, 0.2) is 42.7 Å². The molecule has 3 aromatic rings. The van der Waals surface area contributed by atoms with E-state index in [0.717, 1.165) is 40.1 Å². The monoisotopic (exact) mass is 362 g/mol. The van der Waals surface area contributed by atoms with Gasteiger partial charge in [-0.05, 0) is 48.1 Å². The zero-order valence-electron chi connectivity index (χ0n) is 15.9. The van der Waals surface area contributed by atoms with Crippen LogP contribution in [-0.2, 0) is 12.8 Å². The largest absolute Gasteiger partial charge is 0.358 e. The number of Topliss-reactive ketones (excluding diaryl/α,β-unsaturated/α-hetero) is 1. The molecule has 2 heterocycles. The number of nitrogens with one attached hydrogen (secondary N) is 1. The van der Waals surface area contributed by atoms with Crippen LogP contribution in [0.25, 0.3) is 11.3 Å². The molecule has 27 heavy (non-hydrogen) atoms. The van der Waals surface area contributed by atoms with Crippen molar-refractivity contribution in [2.75, 3.05) is 0 Å². The minimum atomic E-state index is -0.236. The van der Waals surface area contributed by atoms with Crippen molar-refractivity contribution >= 4 is 5.78 Å². The molecule has 4 heteroatoms. The minimum Gasteiger partial charge on any atom is -0.358 e. The van der Waals surface area contributed by atoms with E-state index < -0.39 is 0 Å². The average molecular weight is 362 g/mol. The molecule has 138 valence electrons. The smallest absolute Gasteiger partial charge is 0.165 e. The van der Waals surface area contributed by atoms with Crippen molar-refractivity contribution in [2.45, 2.75) is 40.0 Å². The standard InChI is InChI=1S/C23H23FN2O/c1-14-4-5-18(24)16(10-14)11-17-21-19(12-23(2,3)13-20(21)27)26-22(17)15-6-8-25-9-7-15/h4-10,26H,11-13H2,1-3H3. The van der Waals surface area contributed by atoms with Gasteiger partial charge in [0, 0.05) is 42.1 Å². The molecule has 1 aromatic carbocycles. The zero-order chi connectivity index (χ0) is 19.2. The molecular weight excluding hydrogens is 339 g/mol. The van der Waals surface area contributed by atoms with Gasteiger partial charge in [-0.1, -0.05) is 31.5 Å². The number of rotatable bonds is 3. The summed E-state index contributed by atoms with van der Waals surface area (Å²) in [7, 11) is 0. The Kier molecular flexibility index (Phi) is 4.22. The minimum absolute atomic E-state index is 0.0731. The predicted molar refractivity (Wildman–Crippen MR) is 104 cm³/mol.